The van der Waals surface area contributed by atoms with Crippen molar-refractivity contribution in [3.63, 3.8) is 0 Å². The molecule has 22 heavy (non-hydrogen) atoms. The van der Waals surface area contributed by atoms with Gasteiger partial charge in [0, 0.05) is 98.1 Å². The second-order valence-electron chi connectivity index (χ2n) is 4.72. The number of alkyl carbamates (subject to hydrolysis) is 1. The van der Waals surface area contributed by atoms with Gasteiger partial charge in [0.2, 0.25) is 0 Å². The van der Waals surface area contributed by atoms with Crippen LogP contribution in [-0.2, 0) is 103 Å². The molecular weight excluding hydrogens is 507 g/mol. The summed E-state index contributed by atoms with van der Waals surface area (Å²) in [5, 5.41) is 2.50. The summed E-state index contributed by atoms with van der Waals surface area (Å²) in [6.45, 7) is 16.9. The Hall–Kier alpha value is 2.54. The minimum Gasteiger partial charge on any atom is -0.483 e. The normalized spacial score (nSPS) is 8.18. The molecule has 0 saturated carbocycles. The van der Waals surface area contributed by atoms with Gasteiger partial charge in [-0.1, -0.05) is 20.8 Å². The van der Waals surface area contributed by atoms with Crippen molar-refractivity contribution in [2.24, 2.45) is 5.73 Å². The van der Waals surface area contributed by atoms with E-state index in [0.29, 0.717) is 0 Å². The molecule has 7 heteroatoms. The molecule has 0 heterocycles. The Morgan fingerprint density at radius 2 is 1.41 bits per heavy atom. The maximum absolute atomic E-state index is 10.9. The van der Waals surface area contributed by atoms with Crippen molar-refractivity contribution in [3.05, 3.63) is 19.5 Å². The van der Waals surface area contributed by atoms with Gasteiger partial charge < -0.3 is 22.2 Å². The van der Waals surface area contributed by atoms with Gasteiger partial charge in [0.1, 0.15) is 5.60 Å². The Labute approximate surface area is 214 Å². The van der Waals surface area contributed by atoms with Crippen LogP contribution >= 0.6 is 0 Å². The maximum Gasteiger partial charge on any atom is 0.378 e. The van der Waals surface area contributed by atoms with Crippen molar-refractivity contribution in [1.29, 1.82) is 0 Å². The van der Waals surface area contributed by atoms with Crippen molar-refractivity contribution in [2.45, 2.75) is 73.3 Å². The van der Waals surface area contributed by atoms with Crippen molar-refractivity contribution in [3.8, 4) is 0 Å². The first-order chi connectivity index (χ1) is 8.78. The summed E-state index contributed by atoms with van der Waals surface area (Å²) in [4.78, 5) is 10.9. The molecule has 4 nitrogen and oxygen atoms in total. The van der Waals surface area contributed by atoms with Gasteiger partial charge in [0.15, 0.2) is 0 Å². The van der Waals surface area contributed by atoms with Gasteiger partial charge >= 0.3 is 6.09 Å². The van der Waals surface area contributed by atoms with E-state index in [1.54, 1.807) is 13.1 Å². The molecule has 3 N–H and O–H groups in total. The molecule has 0 aromatic carbocycles. The van der Waals surface area contributed by atoms with E-state index in [4.69, 9.17) is 10.5 Å². The fourth-order valence-corrected chi connectivity index (χ4v) is 0.493. The topological polar surface area (TPSA) is 64.3 Å². The van der Waals surface area contributed by atoms with Gasteiger partial charge in [-0.15, -0.1) is 0 Å². The number of ether oxygens (including phenoxy) is 1. The molecule has 0 atom stereocenters. The molecule has 1 amide bonds. The van der Waals surface area contributed by atoms with Gasteiger partial charge in [-0.2, -0.15) is 26.2 Å². The summed E-state index contributed by atoms with van der Waals surface area (Å²) >= 11 is 0. The summed E-state index contributed by atoms with van der Waals surface area (Å²) in [5.41, 5.74) is 4.49. The quantitative estimate of drug-likeness (QED) is 0.526. The van der Waals surface area contributed by atoms with Gasteiger partial charge in [0.05, 0.1) is 0 Å². The summed E-state index contributed by atoms with van der Waals surface area (Å²) in [6, 6.07) is 0. The smallest absolute Gasteiger partial charge is 0.378 e. The molecule has 0 spiro atoms. The number of amides is 1. The molecule has 0 unspecified atom stereocenters. The largest absolute Gasteiger partial charge is 0.483 e. The SMILES string of the molecule is CC[CH-]N.CC[CH-]NC(=O)OC(C)(C)C.C[CH-]CC.[Y].[Y].[Y]. The van der Waals surface area contributed by atoms with E-state index in [9.17, 15) is 4.79 Å². The molecule has 0 bridgehead atoms. The molecule has 0 aliphatic rings. The van der Waals surface area contributed by atoms with Crippen LogP contribution in [0.3, 0.4) is 0 Å². The Kier molecular flexibility index (Phi) is 56.3. The molecule has 0 aliphatic carbocycles. The first-order valence-electron chi connectivity index (χ1n) is 6.91. The standard InChI is InChI=1S/C8H16NO2.C4H9.C3H8N.3Y/c1-5-6-9-7(10)11-8(2,3)4;1-3-4-2;1-2-3-4;;;/h6H,5H2,1-4H3,(H,9,10);3H,4H2,1-2H3;3H,2,4H2,1H3;;;/q3*-1;;;. The van der Waals surface area contributed by atoms with E-state index in [-0.39, 0.29) is 104 Å². The van der Waals surface area contributed by atoms with Crippen LogP contribution in [0.15, 0.2) is 0 Å². The number of carbonyl (C=O) groups is 1. The minimum atomic E-state index is -0.411. The number of unbranched alkanes of at least 4 members (excludes halogenated alkanes) is 1. The number of carbonyl (C=O) groups excluding carboxylic acids is 1. The number of nitrogens with two attached hydrogens (primary N) is 1. The predicted molar refractivity (Wildman–Crippen MR) is 83.0 cm³/mol. The van der Waals surface area contributed by atoms with E-state index in [1.807, 2.05) is 34.6 Å². The molecular formula is C15H33N2O2Y3-3. The van der Waals surface area contributed by atoms with Crippen LogP contribution < -0.4 is 11.1 Å². The average molecular weight is 540 g/mol. The van der Waals surface area contributed by atoms with E-state index in [1.165, 1.54) is 6.42 Å². The summed E-state index contributed by atoms with van der Waals surface area (Å²) in [7, 11) is 0. The van der Waals surface area contributed by atoms with E-state index in [0.717, 1.165) is 12.8 Å². The van der Waals surface area contributed by atoms with Crippen LogP contribution in [0.1, 0.15) is 67.7 Å². The van der Waals surface area contributed by atoms with Crippen molar-refractivity contribution < 1.29 is 108 Å². The maximum atomic E-state index is 10.9. The third-order valence-electron chi connectivity index (χ3n) is 1.47. The Morgan fingerprint density at radius 3 is 1.59 bits per heavy atom. The van der Waals surface area contributed by atoms with Crippen LogP contribution in [0, 0.1) is 19.5 Å². The second-order valence-corrected chi connectivity index (χ2v) is 4.72. The molecule has 127 valence electrons. The monoisotopic (exact) mass is 540 g/mol. The van der Waals surface area contributed by atoms with E-state index >= 15 is 0 Å². The van der Waals surface area contributed by atoms with Crippen molar-refractivity contribution in [2.75, 3.05) is 0 Å². The molecule has 0 aromatic heterocycles. The van der Waals surface area contributed by atoms with Crippen LogP contribution in [0.25, 0.3) is 0 Å². The van der Waals surface area contributed by atoms with Crippen LogP contribution in [0.4, 0.5) is 4.79 Å². The number of nitrogens with one attached hydrogen (secondary N) is 1. The number of hydrogen-bond acceptors (Lipinski definition) is 3. The third-order valence-corrected chi connectivity index (χ3v) is 1.47. The number of rotatable bonds is 4. The Morgan fingerprint density at radius 1 is 1.05 bits per heavy atom. The van der Waals surface area contributed by atoms with Gasteiger partial charge in [0.25, 0.3) is 0 Å². The summed E-state index contributed by atoms with van der Waals surface area (Å²) in [6.07, 6.45) is 4.71. The third kappa shape index (κ3) is 57.0. The van der Waals surface area contributed by atoms with Crippen LogP contribution in [-0.4, -0.2) is 11.7 Å². The molecule has 0 aromatic rings. The Bertz CT molecular complexity index is 182. The van der Waals surface area contributed by atoms with Crippen molar-refractivity contribution in [1.82, 2.24) is 5.32 Å². The molecule has 0 aliphatic heterocycles. The molecule has 0 fully saturated rings. The summed E-state index contributed by atoms with van der Waals surface area (Å²) < 4.78 is 4.96. The Balaban J connectivity index is -0.0000000497. The molecule has 0 rings (SSSR count). The van der Waals surface area contributed by atoms with Gasteiger partial charge in [-0.25, -0.2) is 11.3 Å². The zero-order valence-corrected chi connectivity index (χ0v) is 24.0. The molecule has 0 saturated heterocycles. The van der Waals surface area contributed by atoms with Gasteiger partial charge in [-0.05, 0) is 20.8 Å². The summed E-state index contributed by atoms with van der Waals surface area (Å²) in [5.74, 6) is 0. The first-order valence-corrected chi connectivity index (χ1v) is 6.91. The van der Waals surface area contributed by atoms with Crippen LogP contribution in [0.2, 0.25) is 0 Å². The fraction of sp³-hybridized carbons (Fsp3) is 0.733. The fourth-order valence-electron chi connectivity index (χ4n) is 0.493. The average Bonchev–Trinajstić information content (AvgIpc) is 2.35. The van der Waals surface area contributed by atoms with E-state index < -0.39 is 5.60 Å². The van der Waals surface area contributed by atoms with Crippen LogP contribution in [0.5, 0.6) is 0 Å². The zero-order chi connectivity index (χ0) is 15.7. The van der Waals surface area contributed by atoms with Crippen molar-refractivity contribution >= 4 is 6.09 Å². The zero-order valence-electron chi connectivity index (χ0n) is 15.5. The van der Waals surface area contributed by atoms with E-state index in [2.05, 4.69) is 25.6 Å². The number of hydrogen-bond donors (Lipinski definition) is 2. The first kappa shape index (κ1) is 39.6. The van der Waals surface area contributed by atoms with Gasteiger partial charge in [-0.3, -0.25) is 6.54 Å². The molecule has 3 radical (unpaired) electrons. The predicted octanol–water partition coefficient (Wildman–Crippen LogP) is 4.21. The minimum absolute atomic E-state index is 0. The second kappa shape index (κ2) is 31.3.